The Morgan fingerprint density at radius 1 is 1.03 bits per heavy atom. The number of carbonyl (C=O) groups excluding carboxylic acids is 2. The summed E-state index contributed by atoms with van der Waals surface area (Å²) in [5.41, 5.74) is 1.65. The quantitative estimate of drug-likeness (QED) is 0.565. The largest absolute Gasteiger partial charge is 0.497 e. The predicted molar refractivity (Wildman–Crippen MR) is 112 cm³/mol. The summed E-state index contributed by atoms with van der Waals surface area (Å²) in [6.07, 6.45) is 1.59. The molecule has 0 radical (unpaired) electrons. The van der Waals surface area contributed by atoms with E-state index >= 15 is 0 Å². The van der Waals surface area contributed by atoms with Crippen LogP contribution in [0, 0.1) is 0 Å². The number of amides is 2. The summed E-state index contributed by atoms with van der Waals surface area (Å²) < 4.78 is 5.12. The molecule has 0 unspecified atom stereocenters. The highest BCUT2D eigenvalue weighted by Crippen LogP contribution is 2.16. The Hall–Kier alpha value is -3.26. The Kier molecular flexibility index (Phi) is 7.29. The average Bonchev–Trinajstić information content (AvgIpc) is 3.20. The molecule has 2 amide bonds. The highest BCUT2D eigenvalue weighted by molar-refractivity contribution is 7.15. The molecule has 7 nitrogen and oxygen atoms in total. The lowest BCUT2D eigenvalue weighted by molar-refractivity contribution is -0.116. The van der Waals surface area contributed by atoms with Gasteiger partial charge in [0.2, 0.25) is 11.0 Å². The van der Waals surface area contributed by atoms with Crippen LogP contribution in [0.3, 0.4) is 0 Å². The van der Waals surface area contributed by atoms with Gasteiger partial charge in [-0.25, -0.2) is 0 Å². The lowest BCUT2D eigenvalue weighted by Gasteiger charge is -2.05. The normalized spacial score (nSPS) is 10.4. The fourth-order valence-electron chi connectivity index (χ4n) is 2.64. The molecule has 8 heteroatoms. The summed E-state index contributed by atoms with van der Waals surface area (Å²) in [4.78, 5) is 24.3. The molecule has 1 heterocycles. The van der Waals surface area contributed by atoms with Gasteiger partial charge in [-0.05, 0) is 30.2 Å². The van der Waals surface area contributed by atoms with Crippen molar-refractivity contribution in [3.8, 4) is 5.75 Å². The fraction of sp³-hybridized carbons (Fsp3) is 0.238. The van der Waals surface area contributed by atoms with Crippen molar-refractivity contribution in [3.05, 3.63) is 70.7 Å². The zero-order valence-corrected chi connectivity index (χ0v) is 16.9. The monoisotopic (exact) mass is 410 g/mol. The maximum absolute atomic E-state index is 12.2. The summed E-state index contributed by atoms with van der Waals surface area (Å²) in [5, 5.41) is 14.9. The van der Waals surface area contributed by atoms with Crippen LogP contribution in [0.1, 0.15) is 27.3 Å². The van der Waals surface area contributed by atoms with Gasteiger partial charge in [0.15, 0.2) is 0 Å². The van der Waals surface area contributed by atoms with Gasteiger partial charge in [-0.15, -0.1) is 10.2 Å². The van der Waals surface area contributed by atoms with Crippen LogP contribution in [-0.4, -0.2) is 35.7 Å². The van der Waals surface area contributed by atoms with Gasteiger partial charge in [0.1, 0.15) is 10.8 Å². The Balaban J connectivity index is 1.41. The van der Waals surface area contributed by atoms with Crippen molar-refractivity contribution in [1.29, 1.82) is 0 Å². The van der Waals surface area contributed by atoms with Gasteiger partial charge in [-0.3, -0.25) is 9.59 Å². The number of benzene rings is 2. The van der Waals surface area contributed by atoms with Crippen molar-refractivity contribution in [2.75, 3.05) is 19.0 Å². The van der Waals surface area contributed by atoms with E-state index in [0.717, 1.165) is 10.6 Å². The van der Waals surface area contributed by atoms with E-state index in [2.05, 4.69) is 20.8 Å². The van der Waals surface area contributed by atoms with Crippen molar-refractivity contribution in [3.63, 3.8) is 0 Å². The van der Waals surface area contributed by atoms with E-state index in [0.29, 0.717) is 42.3 Å². The first-order valence-corrected chi connectivity index (χ1v) is 10.0. The molecule has 2 aromatic carbocycles. The molecule has 0 saturated heterocycles. The summed E-state index contributed by atoms with van der Waals surface area (Å²) >= 11 is 1.31. The average molecular weight is 410 g/mol. The summed E-state index contributed by atoms with van der Waals surface area (Å²) in [5.74, 6) is 0.361. The lowest BCUT2D eigenvalue weighted by Crippen LogP contribution is -2.25. The van der Waals surface area contributed by atoms with Crippen LogP contribution >= 0.6 is 11.3 Å². The second-order valence-corrected chi connectivity index (χ2v) is 7.33. The van der Waals surface area contributed by atoms with Crippen LogP contribution in [0.15, 0.2) is 54.6 Å². The van der Waals surface area contributed by atoms with Crippen molar-refractivity contribution in [2.24, 2.45) is 0 Å². The van der Waals surface area contributed by atoms with Gasteiger partial charge in [-0.2, -0.15) is 0 Å². The number of nitrogens with zero attached hydrogens (tertiary/aromatic N) is 2. The Bertz CT molecular complexity index is 959. The number of ether oxygens (including phenoxy) is 1. The third kappa shape index (κ3) is 6.39. The van der Waals surface area contributed by atoms with Crippen LogP contribution in [-0.2, 0) is 17.6 Å². The molecule has 0 aliphatic rings. The van der Waals surface area contributed by atoms with Gasteiger partial charge in [0.25, 0.3) is 5.91 Å². The number of nitrogens with one attached hydrogen (secondary N) is 2. The molecule has 0 bridgehead atoms. The number of carbonyl (C=O) groups is 2. The molecule has 29 heavy (non-hydrogen) atoms. The molecule has 0 atom stereocenters. The van der Waals surface area contributed by atoms with E-state index in [-0.39, 0.29) is 11.8 Å². The van der Waals surface area contributed by atoms with Crippen LogP contribution in [0.5, 0.6) is 5.75 Å². The number of rotatable bonds is 9. The van der Waals surface area contributed by atoms with Crippen molar-refractivity contribution < 1.29 is 14.3 Å². The summed E-state index contributed by atoms with van der Waals surface area (Å²) in [6, 6.07) is 16.8. The minimum atomic E-state index is -0.178. The lowest BCUT2D eigenvalue weighted by atomic mass is 10.1. The number of methoxy groups -OCH3 is 1. The first-order valence-electron chi connectivity index (χ1n) is 9.22. The second kappa shape index (κ2) is 10.3. The van der Waals surface area contributed by atoms with E-state index in [9.17, 15) is 9.59 Å². The van der Waals surface area contributed by atoms with Crippen LogP contribution in [0.25, 0.3) is 0 Å². The molecule has 2 N–H and O–H groups in total. The van der Waals surface area contributed by atoms with Crippen LogP contribution < -0.4 is 15.4 Å². The SMILES string of the molecule is COc1cccc(C(=O)NCCc2nnc(NC(=O)CCc3ccccc3)s2)c1. The van der Waals surface area contributed by atoms with E-state index < -0.39 is 0 Å². The first kappa shape index (κ1) is 20.5. The molecule has 0 spiro atoms. The topological polar surface area (TPSA) is 93.2 Å². The molecular weight excluding hydrogens is 388 g/mol. The molecule has 3 rings (SSSR count). The van der Waals surface area contributed by atoms with Gasteiger partial charge in [-0.1, -0.05) is 47.7 Å². The van der Waals surface area contributed by atoms with Gasteiger partial charge in [0.05, 0.1) is 7.11 Å². The highest BCUT2D eigenvalue weighted by Gasteiger charge is 2.10. The summed E-state index contributed by atoms with van der Waals surface area (Å²) in [6.45, 7) is 0.423. The van der Waals surface area contributed by atoms with E-state index in [1.54, 1.807) is 31.4 Å². The van der Waals surface area contributed by atoms with Gasteiger partial charge < -0.3 is 15.4 Å². The zero-order chi connectivity index (χ0) is 20.5. The number of hydrogen-bond donors (Lipinski definition) is 2. The van der Waals surface area contributed by atoms with Gasteiger partial charge >= 0.3 is 0 Å². The maximum atomic E-state index is 12.2. The summed E-state index contributed by atoms with van der Waals surface area (Å²) in [7, 11) is 1.56. The van der Waals surface area contributed by atoms with E-state index in [1.807, 2.05) is 30.3 Å². The second-order valence-electron chi connectivity index (χ2n) is 6.27. The Morgan fingerprint density at radius 2 is 1.86 bits per heavy atom. The highest BCUT2D eigenvalue weighted by atomic mass is 32.1. The third-order valence-electron chi connectivity index (χ3n) is 4.15. The minimum Gasteiger partial charge on any atom is -0.497 e. The van der Waals surface area contributed by atoms with Crippen molar-refractivity contribution in [1.82, 2.24) is 15.5 Å². The molecule has 0 aliphatic carbocycles. The van der Waals surface area contributed by atoms with Crippen molar-refractivity contribution >= 4 is 28.3 Å². The van der Waals surface area contributed by atoms with E-state index in [4.69, 9.17) is 4.74 Å². The standard InChI is InChI=1S/C21H22N4O3S/c1-28-17-9-5-8-16(14-17)20(27)22-13-12-19-24-25-21(29-19)23-18(26)11-10-15-6-3-2-4-7-15/h2-9,14H,10-13H2,1H3,(H,22,27)(H,23,25,26). The van der Waals surface area contributed by atoms with Crippen LogP contribution in [0.2, 0.25) is 0 Å². The zero-order valence-electron chi connectivity index (χ0n) is 16.1. The number of aromatic nitrogens is 2. The molecule has 3 aromatic rings. The van der Waals surface area contributed by atoms with E-state index in [1.165, 1.54) is 11.3 Å². The Labute approximate surface area is 173 Å². The maximum Gasteiger partial charge on any atom is 0.251 e. The van der Waals surface area contributed by atoms with Crippen LogP contribution in [0.4, 0.5) is 5.13 Å². The molecule has 0 aliphatic heterocycles. The molecular formula is C21H22N4O3S. The third-order valence-corrected chi connectivity index (χ3v) is 5.05. The number of hydrogen-bond acceptors (Lipinski definition) is 6. The number of anilines is 1. The fourth-order valence-corrected chi connectivity index (χ4v) is 3.39. The van der Waals surface area contributed by atoms with Crippen molar-refractivity contribution in [2.45, 2.75) is 19.3 Å². The molecule has 0 fully saturated rings. The predicted octanol–water partition coefficient (Wildman–Crippen LogP) is 3.09. The van der Waals surface area contributed by atoms with Gasteiger partial charge in [0, 0.05) is 24.9 Å². The first-order chi connectivity index (χ1) is 14.1. The molecule has 150 valence electrons. The smallest absolute Gasteiger partial charge is 0.251 e. The Morgan fingerprint density at radius 3 is 2.66 bits per heavy atom. The minimum absolute atomic E-state index is 0.0946. The molecule has 0 saturated carbocycles. The number of aryl methyl sites for hydroxylation is 1. The molecule has 1 aromatic heterocycles.